The second-order valence-electron chi connectivity index (χ2n) is 15.7. The van der Waals surface area contributed by atoms with Crippen LogP contribution in [-0.4, -0.2) is 39.5 Å². The summed E-state index contributed by atoms with van der Waals surface area (Å²) in [6.07, 6.45) is 4.39. The molecular weight excluding hydrogens is 727 g/mol. The second-order valence-corrected chi connectivity index (χ2v) is 15.7. The number of nitrogens with one attached hydrogen (secondary N) is 1. The minimum Gasteiger partial charge on any atom is -0.507 e. The van der Waals surface area contributed by atoms with Crippen LogP contribution in [0.1, 0.15) is 56.9 Å². The maximum Gasteiger partial charge on any atom is 0.260 e. The summed E-state index contributed by atoms with van der Waals surface area (Å²) in [5.74, 6) is -5.80. The molecule has 0 aromatic heterocycles. The van der Waals surface area contributed by atoms with E-state index < -0.39 is 52.7 Å². The van der Waals surface area contributed by atoms with Gasteiger partial charge in [-0.1, -0.05) is 114 Å². The summed E-state index contributed by atoms with van der Waals surface area (Å²) in [6, 6.07) is 37.5. The third-order valence-electron chi connectivity index (χ3n) is 12.6. The number of rotatable bonds is 9. The number of aryl methyl sites for hydroxylation is 1. The summed E-state index contributed by atoms with van der Waals surface area (Å²) in [6.45, 7) is 5.83. The molecule has 4 amide bonds. The first-order valence-corrected chi connectivity index (χ1v) is 19.6. The normalized spacial score (nSPS) is 24.8. The molecule has 5 aromatic carbocycles. The van der Waals surface area contributed by atoms with Crippen LogP contribution in [0.15, 0.2) is 152 Å². The van der Waals surface area contributed by atoms with Crippen molar-refractivity contribution in [2.75, 3.05) is 10.3 Å². The van der Waals surface area contributed by atoms with Gasteiger partial charge in [0, 0.05) is 22.6 Å². The van der Waals surface area contributed by atoms with Gasteiger partial charge in [0.25, 0.3) is 11.8 Å². The van der Waals surface area contributed by atoms with Crippen molar-refractivity contribution >= 4 is 40.8 Å². The Morgan fingerprint density at radius 1 is 0.793 bits per heavy atom. The predicted molar refractivity (Wildman–Crippen MR) is 220 cm³/mol. The van der Waals surface area contributed by atoms with Gasteiger partial charge in [-0.15, -0.1) is 6.58 Å². The van der Waals surface area contributed by atoms with Crippen LogP contribution in [0.4, 0.5) is 11.4 Å². The number of ketones is 1. The molecular formula is C49H41N3O6. The zero-order valence-corrected chi connectivity index (χ0v) is 31.9. The van der Waals surface area contributed by atoms with Gasteiger partial charge in [0.15, 0.2) is 5.78 Å². The number of carbonyl (C=O) groups is 5. The van der Waals surface area contributed by atoms with Crippen molar-refractivity contribution in [1.82, 2.24) is 5.01 Å². The highest BCUT2D eigenvalue weighted by Crippen LogP contribution is 2.65. The molecule has 288 valence electrons. The van der Waals surface area contributed by atoms with Gasteiger partial charge in [-0.3, -0.25) is 34.3 Å². The lowest BCUT2D eigenvalue weighted by molar-refractivity contribution is -0.138. The van der Waals surface area contributed by atoms with E-state index in [9.17, 15) is 24.3 Å². The van der Waals surface area contributed by atoms with E-state index in [4.69, 9.17) is 0 Å². The Bertz CT molecular complexity index is 2530. The number of para-hydroxylation sites is 1. The fraction of sp³-hybridized carbons (Fsp3) is 0.204. The standard InChI is InChI=1S/C49H41N3O6/c1-3-11-30-14-10-17-38(44(30)54)42-36-26-27-37-41(47(57)51(45(37)55)35-24-20-32(21-25-35)43(53)31-12-6-4-7-13-31)39(36)28-40-46(56)52(50-34-22-18-29(2)19-23-34)48(58)49(40,42)33-15-8-5-9-16-33/h3-10,12-26,37,39-42,50,54H,1,11,27-28H2,2H3. The molecule has 2 N–H and O–H groups in total. The van der Waals surface area contributed by atoms with Crippen molar-refractivity contribution in [2.45, 2.75) is 37.5 Å². The number of fused-ring (bicyclic) bond motifs is 4. The minimum absolute atomic E-state index is 0.00378. The van der Waals surface area contributed by atoms with E-state index in [0.29, 0.717) is 45.6 Å². The summed E-state index contributed by atoms with van der Waals surface area (Å²) in [7, 11) is 0. The molecule has 9 rings (SSSR count). The van der Waals surface area contributed by atoms with E-state index in [-0.39, 0.29) is 30.3 Å². The number of nitrogens with zero attached hydrogens (tertiary/aromatic N) is 2. The summed E-state index contributed by atoms with van der Waals surface area (Å²) in [5.41, 5.74) is 6.93. The zero-order chi connectivity index (χ0) is 40.3. The lowest BCUT2D eigenvalue weighted by atomic mass is 9.49. The molecule has 2 saturated heterocycles. The summed E-state index contributed by atoms with van der Waals surface area (Å²) >= 11 is 0. The van der Waals surface area contributed by atoms with Crippen LogP contribution in [0.3, 0.4) is 0 Å². The Morgan fingerprint density at radius 3 is 2.16 bits per heavy atom. The van der Waals surface area contributed by atoms with Crippen LogP contribution in [0, 0.1) is 30.6 Å². The Balaban J connectivity index is 1.17. The summed E-state index contributed by atoms with van der Waals surface area (Å²) in [4.78, 5) is 73.9. The largest absolute Gasteiger partial charge is 0.507 e. The number of phenolic OH excluding ortho intramolecular Hbond substituents is 1. The van der Waals surface area contributed by atoms with Crippen molar-refractivity contribution in [3.05, 3.63) is 185 Å². The number of hydrogen-bond acceptors (Lipinski definition) is 7. The van der Waals surface area contributed by atoms with Crippen molar-refractivity contribution in [3.8, 4) is 5.75 Å². The first-order valence-electron chi connectivity index (χ1n) is 19.6. The molecule has 6 atom stereocenters. The number of aromatic hydroxyl groups is 1. The van der Waals surface area contributed by atoms with Crippen molar-refractivity contribution in [3.63, 3.8) is 0 Å². The lowest BCUT2D eigenvalue weighted by Gasteiger charge is -2.50. The summed E-state index contributed by atoms with van der Waals surface area (Å²) < 4.78 is 0. The van der Waals surface area contributed by atoms with Gasteiger partial charge in [-0.05, 0) is 79.6 Å². The van der Waals surface area contributed by atoms with Crippen LogP contribution in [0.5, 0.6) is 5.75 Å². The average molecular weight is 768 g/mol. The molecule has 5 aromatic rings. The van der Waals surface area contributed by atoms with Gasteiger partial charge >= 0.3 is 0 Å². The Hall–Kier alpha value is -6.87. The van der Waals surface area contributed by atoms with Gasteiger partial charge in [-0.25, -0.2) is 0 Å². The zero-order valence-electron chi connectivity index (χ0n) is 31.9. The highest BCUT2D eigenvalue weighted by atomic mass is 16.3. The number of benzene rings is 5. The topological polar surface area (TPSA) is 124 Å². The Labute approximate surface area is 336 Å². The molecule has 9 heteroatoms. The molecule has 2 aliphatic carbocycles. The van der Waals surface area contributed by atoms with Crippen molar-refractivity contribution < 1.29 is 29.1 Å². The number of anilines is 2. The molecule has 4 aliphatic rings. The molecule has 2 heterocycles. The number of imide groups is 2. The number of hydrogen-bond donors (Lipinski definition) is 2. The highest BCUT2D eigenvalue weighted by Gasteiger charge is 2.70. The molecule has 0 bridgehead atoms. The molecule has 3 fully saturated rings. The maximum absolute atomic E-state index is 15.4. The van der Waals surface area contributed by atoms with Crippen LogP contribution in [0.2, 0.25) is 0 Å². The molecule has 58 heavy (non-hydrogen) atoms. The first-order chi connectivity index (χ1) is 28.1. The van der Waals surface area contributed by atoms with E-state index in [2.05, 4.69) is 12.0 Å². The highest BCUT2D eigenvalue weighted by molar-refractivity contribution is 6.23. The SMILES string of the molecule is C=CCc1cccc(C2C3=CCC4C(=O)N(c5ccc(C(=O)c6ccccc6)cc5)C(=O)C4C3CC3C(=O)N(Nc4ccc(C)cc4)C(=O)C32c2ccccc2)c1O. The number of phenols is 1. The van der Waals surface area contributed by atoms with Gasteiger partial charge in [0.1, 0.15) is 5.75 Å². The van der Waals surface area contributed by atoms with E-state index in [1.54, 1.807) is 66.7 Å². The Morgan fingerprint density at radius 2 is 1.47 bits per heavy atom. The second kappa shape index (κ2) is 14.3. The maximum atomic E-state index is 15.4. The molecule has 2 aliphatic heterocycles. The van der Waals surface area contributed by atoms with Crippen molar-refractivity contribution in [2.24, 2.45) is 23.7 Å². The quantitative estimate of drug-likeness (QED) is 0.0890. The summed E-state index contributed by atoms with van der Waals surface area (Å²) in [5, 5.41) is 13.2. The fourth-order valence-electron chi connectivity index (χ4n) is 10.0. The average Bonchev–Trinajstić information content (AvgIpc) is 3.63. The molecule has 1 saturated carbocycles. The number of amides is 4. The van der Waals surface area contributed by atoms with Gasteiger partial charge in [0.05, 0.1) is 34.5 Å². The van der Waals surface area contributed by atoms with E-state index in [0.717, 1.165) is 16.1 Å². The third kappa shape index (κ3) is 5.56. The first kappa shape index (κ1) is 36.7. The van der Waals surface area contributed by atoms with Crippen molar-refractivity contribution in [1.29, 1.82) is 0 Å². The third-order valence-corrected chi connectivity index (χ3v) is 12.6. The Kier molecular flexibility index (Phi) is 9.03. The van der Waals surface area contributed by atoms with E-state index >= 15 is 4.79 Å². The molecule has 6 unspecified atom stereocenters. The van der Waals surface area contributed by atoms with E-state index in [1.807, 2.05) is 79.7 Å². The molecule has 0 spiro atoms. The number of hydrazine groups is 1. The fourth-order valence-corrected chi connectivity index (χ4v) is 10.0. The molecule has 9 nitrogen and oxygen atoms in total. The minimum atomic E-state index is -1.51. The monoisotopic (exact) mass is 767 g/mol. The van der Waals surface area contributed by atoms with Crippen LogP contribution < -0.4 is 10.3 Å². The van der Waals surface area contributed by atoms with Gasteiger partial charge in [0.2, 0.25) is 11.8 Å². The van der Waals surface area contributed by atoms with E-state index in [1.165, 1.54) is 4.90 Å². The smallest absolute Gasteiger partial charge is 0.260 e. The lowest BCUT2D eigenvalue weighted by Crippen LogP contribution is -2.53. The van der Waals surface area contributed by atoms with Gasteiger partial charge < -0.3 is 5.11 Å². The van der Waals surface area contributed by atoms with Crippen LogP contribution in [0.25, 0.3) is 0 Å². The number of allylic oxidation sites excluding steroid dienone is 3. The van der Waals surface area contributed by atoms with Crippen LogP contribution >= 0.6 is 0 Å². The predicted octanol–water partition coefficient (Wildman–Crippen LogP) is 7.85. The van der Waals surface area contributed by atoms with Crippen LogP contribution in [-0.2, 0) is 31.0 Å². The number of carbonyl (C=O) groups excluding carboxylic acids is 5. The van der Waals surface area contributed by atoms with Gasteiger partial charge in [-0.2, -0.15) is 5.01 Å². The molecule has 0 radical (unpaired) electrons.